The van der Waals surface area contributed by atoms with E-state index in [0.717, 1.165) is 4.88 Å². The number of aliphatic hydroxyl groups is 1. The van der Waals surface area contributed by atoms with Crippen molar-refractivity contribution in [3.8, 4) is 11.5 Å². The van der Waals surface area contributed by atoms with Crippen LogP contribution in [-0.2, 0) is 0 Å². The predicted molar refractivity (Wildman–Crippen MR) is 99.4 cm³/mol. The molecule has 0 fully saturated rings. The van der Waals surface area contributed by atoms with Gasteiger partial charge in [0.2, 0.25) is 5.95 Å². The highest BCUT2D eigenvalue weighted by Gasteiger charge is 2.16. The van der Waals surface area contributed by atoms with Crippen LogP contribution in [0, 0.1) is 0 Å². The van der Waals surface area contributed by atoms with Gasteiger partial charge in [0, 0.05) is 22.9 Å². The van der Waals surface area contributed by atoms with Crippen molar-refractivity contribution >= 4 is 34.0 Å². The second kappa shape index (κ2) is 7.54. The molecule has 0 aliphatic rings. The summed E-state index contributed by atoms with van der Waals surface area (Å²) in [6.07, 6.45) is 0.549. The second-order valence-corrected chi connectivity index (χ2v) is 6.36. The Morgan fingerprint density at radius 3 is 2.64 bits per heavy atom. The van der Waals surface area contributed by atoms with E-state index in [-0.39, 0.29) is 12.6 Å². The molecule has 1 aromatic carbocycles. The Bertz CT molecular complexity index is 855. The van der Waals surface area contributed by atoms with Crippen molar-refractivity contribution in [3.05, 3.63) is 34.5 Å². The fourth-order valence-electron chi connectivity index (χ4n) is 2.60. The van der Waals surface area contributed by atoms with E-state index in [9.17, 15) is 5.11 Å². The first kappa shape index (κ1) is 17.2. The van der Waals surface area contributed by atoms with Gasteiger partial charge in [0.25, 0.3) is 0 Å². The SMILES string of the molecule is COc1cc2nc(NC(CCO)c3cccs3)nc(N)c2cc1OC. The number of fused-ring (bicyclic) bond motifs is 1. The zero-order valence-corrected chi connectivity index (χ0v) is 14.8. The maximum absolute atomic E-state index is 9.33. The number of aromatic nitrogens is 2. The molecule has 0 spiro atoms. The average molecular weight is 360 g/mol. The van der Waals surface area contributed by atoms with Crippen molar-refractivity contribution in [2.24, 2.45) is 0 Å². The van der Waals surface area contributed by atoms with Gasteiger partial charge in [-0.25, -0.2) is 4.98 Å². The van der Waals surface area contributed by atoms with E-state index in [0.29, 0.717) is 40.6 Å². The molecule has 0 saturated heterocycles. The summed E-state index contributed by atoms with van der Waals surface area (Å²) in [5, 5.41) is 15.3. The summed E-state index contributed by atoms with van der Waals surface area (Å²) < 4.78 is 10.6. The topological polar surface area (TPSA) is 103 Å². The van der Waals surface area contributed by atoms with Crippen LogP contribution in [0.1, 0.15) is 17.3 Å². The van der Waals surface area contributed by atoms with E-state index in [1.54, 1.807) is 37.7 Å². The van der Waals surface area contributed by atoms with E-state index in [1.165, 1.54) is 0 Å². The third kappa shape index (κ3) is 3.59. The van der Waals surface area contributed by atoms with Gasteiger partial charge < -0.3 is 25.6 Å². The molecule has 132 valence electrons. The number of ether oxygens (including phenoxy) is 2. The van der Waals surface area contributed by atoms with Gasteiger partial charge in [-0.15, -0.1) is 11.3 Å². The lowest BCUT2D eigenvalue weighted by Crippen LogP contribution is -2.14. The van der Waals surface area contributed by atoms with Gasteiger partial charge in [-0.1, -0.05) is 6.07 Å². The quantitative estimate of drug-likeness (QED) is 0.595. The van der Waals surface area contributed by atoms with E-state index in [1.807, 2.05) is 17.5 Å². The van der Waals surface area contributed by atoms with E-state index >= 15 is 0 Å². The Labute approximate surface area is 149 Å². The summed E-state index contributed by atoms with van der Waals surface area (Å²) in [6, 6.07) is 7.43. The molecule has 1 atom stereocenters. The van der Waals surface area contributed by atoms with Gasteiger partial charge in [-0.05, 0) is 23.9 Å². The summed E-state index contributed by atoms with van der Waals surface area (Å²) in [4.78, 5) is 9.98. The highest BCUT2D eigenvalue weighted by atomic mass is 32.1. The molecular formula is C17H20N4O3S. The minimum atomic E-state index is -0.0815. The summed E-state index contributed by atoms with van der Waals surface area (Å²) >= 11 is 1.61. The number of nitrogens with zero attached hydrogens (tertiary/aromatic N) is 2. The van der Waals surface area contributed by atoms with Crippen molar-refractivity contribution in [2.45, 2.75) is 12.5 Å². The van der Waals surface area contributed by atoms with Crippen LogP contribution in [0.4, 0.5) is 11.8 Å². The number of anilines is 2. The molecule has 0 aliphatic heterocycles. The molecule has 25 heavy (non-hydrogen) atoms. The normalized spacial score (nSPS) is 12.1. The van der Waals surface area contributed by atoms with E-state index in [4.69, 9.17) is 15.2 Å². The van der Waals surface area contributed by atoms with Crippen LogP contribution in [-0.4, -0.2) is 35.9 Å². The monoisotopic (exact) mass is 360 g/mol. The fourth-order valence-corrected chi connectivity index (χ4v) is 3.42. The lowest BCUT2D eigenvalue weighted by atomic mass is 10.2. The van der Waals surface area contributed by atoms with E-state index < -0.39 is 0 Å². The standard InChI is InChI=1S/C17H20N4O3S/c1-23-13-8-10-12(9-14(13)24-2)20-17(21-16(10)18)19-11(5-6-22)15-4-3-7-25-15/h3-4,7-9,11,22H,5-6H2,1-2H3,(H3,18,19,20,21). The minimum absolute atomic E-state index is 0.0592. The Morgan fingerprint density at radius 1 is 1.24 bits per heavy atom. The Balaban J connectivity index is 1.99. The number of thiophene rings is 1. The van der Waals surface area contributed by atoms with Gasteiger partial charge in [0.1, 0.15) is 5.82 Å². The predicted octanol–water partition coefficient (Wildman–Crippen LogP) is 2.83. The number of hydrogen-bond donors (Lipinski definition) is 3. The lowest BCUT2D eigenvalue weighted by molar-refractivity contribution is 0.280. The van der Waals surface area contributed by atoms with Crippen molar-refractivity contribution < 1.29 is 14.6 Å². The number of methoxy groups -OCH3 is 2. The zero-order valence-electron chi connectivity index (χ0n) is 14.0. The summed E-state index contributed by atoms with van der Waals surface area (Å²) in [5.74, 6) is 1.90. The average Bonchev–Trinajstić information content (AvgIpc) is 3.15. The highest BCUT2D eigenvalue weighted by molar-refractivity contribution is 7.10. The van der Waals surface area contributed by atoms with Crippen LogP contribution >= 0.6 is 11.3 Å². The minimum Gasteiger partial charge on any atom is -0.493 e. The lowest BCUT2D eigenvalue weighted by Gasteiger charge is -2.17. The Kier molecular flexibility index (Phi) is 5.20. The number of nitrogens with two attached hydrogens (primary N) is 1. The smallest absolute Gasteiger partial charge is 0.225 e. The van der Waals surface area contributed by atoms with Crippen molar-refractivity contribution in [2.75, 3.05) is 31.9 Å². The number of hydrogen-bond acceptors (Lipinski definition) is 8. The number of aliphatic hydroxyl groups excluding tert-OH is 1. The number of nitrogen functional groups attached to an aromatic ring is 1. The number of rotatable bonds is 7. The molecule has 0 saturated carbocycles. The third-order valence-electron chi connectivity index (χ3n) is 3.84. The van der Waals surface area contributed by atoms with E-state index in [2.05, 4.69) is 15.3 Å². The largest absolute Gasteiger partial charge is 0.493 e. The van der Waals surface area contributed by atoms with Gasteiger partial charge in [-0.3, -0.25) is 0 Å². The summed E-state index contributed by atoms with van der Waals surface area (Å²) in [5.41, 5.74) is 6.76. The number of benzene rings is 1. The molecule has 1 unspecified atom stereocenters. The molecule has 0 bridgehead atoms. The van der Waals surface area contributed by atoms with Gasteiger partial charge >= 0.3 is 0 Å². The first-order valence-corrected chi connectivity index (χ1v) is 8.64. The summed E-state index contributed by atoms with van der Waals surface area (Å²) in [7, 11) is 3.14. The Hall–Kier alpha value is -2.58. The highest BCUT2D eigenvalue weighted by Crippen LogP contribution is 2.34. The Morgan fingerprint density at radius 2 is 2.00 bits per heavy atom. The van der Waals surface area contributed by atoms with Crippen molar-refractivity contribution in [1.82, 2.24) is 9.97 Å². The molecule has 3 aromatic rings. The van der Waals surface area contributed by atoms with Crippen LogP contribution in [0.25, 0.3) is 10.9 Å². The van der Waals surface area contributed by atoms with Crippen LogP contribution in [0.15, 0.2) is 29.6 Å². The molecule has 2 aromatic heterocycles. The van der Waals surface area contributed by atoms with Gasteiger partial charge in [0.15, 0.2) is 11.5 Å². The first-order chi connectivity index (χ1) is 12.2. The molecule has 0 amide bonds. The van der Waals surface area contributed by atoms with Crippen molar-refractivity contribution in [1.29, 1.82) is 0 Å². The molecule has 7 nitrogen and oxygen atoms in total. The van der Waals surface area contributed by atoms with Crippen molar-refractivity contribution in [3.63, 3.8) is 0 Å². The molecule has 8 heteroatoms. The molecule has 0 radical (unpaired) electrons. The zero-order chi connectivity index (χ0) is 17.8. The fraction of sp³-hybridized carbons (Fsp3) is 0.294. The maximum atomic E-state index is 9.33. The summed E-state index contributed by atoms with van der Waals surface area (Å²) in [6.45, 7) is 0.0592. The molecule has 2 heterocycles. The molecular weight excluding hydrogens is 340 g/mol. The second-order valence-electron chi connectivity index (χ2n) is 5.38. The first-order valence-electron chi connectivity index (χ1n) is 7.76. The van der Waals surface area contributed by atoms with Crippen LogP contribution in [0.3, 0.4) is 0 Å². The van der Waals surface area contributed by atoms with Gasteiger partial charge in [-0.2, -0.15) is 4.98 Å². The third-order valence-corrected chi connectivity index (χ3v) is 4.82. The van der Waals surface area contributed by atoms with Crippen LogP contribution in [0.2, 0.25) is 0 Å². The molecule has 3 rings (SSSR count). The van der Waals surface area contributed by atoms with Crippen LogP contribution < -0.4 is 20.5 Å². The van der Waals surface area contributed by atoms with Crippen LogP contribution in [0.5, 0.6) is 11.5 Å². The molecule has 4 N–H and O–H groups in total. The van der Waals surface area contributed by atoms with Gasteiger partial charge in [0.05, 0.1) is 25.8 Å². The molecule has 0 aliphatic carbocycles. The number of nitrogens with one attached hydrogen (secondary N) is 1. The maximum Gasteiger partial charge on any atom is 0.225 e.